The van der Waals surface area contributed by atoms with E-state index in [1.54, 1.807) is 97.1 Å². The molecule has 4 aliphatic rings. The van der Waals surface area contributed by atoms with E-state index in [1.165, 1.54) is 19.6 Å². The highest BCUT2D eigenvalue weighted by molar-refractivity contribution is 6.23. The second kappa shape index (κ2) is 21.1. The summed E-state index contributed by atoms with van der Waals surface area (Å²) in [7, 11) is 0. The monoisotopic (exact) mass is 892 g/mol. The molecule has 4 aromatic rings. The first-order valence-corrected chi connectivity index (χ1v) is 23.4. The number of benzene rings is 4. The van der Waals surface area contributed by atoms with Gasteiger partial charge < -0.3 is 9.80 Å². The maximum absolute atomic E-state index is 13.0. The van der Waals surface area contributed by atoms with Gasteiger partial charge in [0.15, 0.2) is 0 Å². The van der Waals surface area contributed by atoms with Crippen LogP contribution in [0.3, 0.4) is 0 Å². The first-order valence-electron chi connectivity index (χ1n) is 23.4. The number of hydrogen-bond acceptors (Lipinski definition) is 10. The Kier molecular flexibility index (Phi) is 14.7. The molecule has 0 radical (unpaired) electrons. The van der Waals surface area contributed by atoms with Gasteiger partial charge in [0, 0.05) is 26.2 Å². The molecule has 0 saturated carbocycles. The fraction of sp³-hybridized carbons (Fsp3) is 0.385. The number of fused-ring (bicyclic) bond motifs is 4. The van der Waals surface area contributed by atoms with Crippen molar-refractivity contribution in [1.29, 1.82) is 0 Å². The van der Waals surface area contributed by atoms with Crippen LogP contribution in [-0.2, 0) is 0 Å². The van der Waals surface area contributed by atoms with E-state index in [4.69, 9.17) is 0 Å². The minimum absolute atomic E-state index is 0.252. The third-order valence-electron chi connectivity index (χ3n) is 13.1. The van der Waals surface area contributed by atoms with Crippen LogP contribution in [0.15, 0.2) is 97.1 Å². The summed E-state index contributed by atoms with van der Waals surface area (Å²) in [4.78, 5) is 114. The van der Waals surface area contributed by atoms with Crippen LogP contribution in [0, 0.1) is 0 Å². The second-order valence-electron chi connectivity index (χ2n) is 17.4. The van der Waals surface area contributed by atoms with Crippen molar-refractivity contribution >= 4 is 47.3 Å². The molecule has 4 aromatic carbocycles. The van der Waals surface area contributed by atoms with Crippen LogP contribution >= 0.6 is 0 Å². The molecule has 0 spiro atoms. The lowest BCUT2D eigenvalue weighted by molar-refractivity contribution is 0.0632. The molecule has 0 bridgehead atoms. The zero-order chi connectivity index (χ0) is 46.2. The van der Waals surface area contributed by atoms with E-state index in [2.05, 4.69) is 9.80 Å². The highest BCUT2D eigenvalue weighted by Crippen LogP contribution is 2.26. The maximum atomic E-state index is 13.0. The topological polar surface area (TPSA) is 156 Å². The summed E-state index contributed by atoms with van der Waals surface area (Å²) in [5.41, 5.74) is 3.57. The van der Waals surface area contributed by atoms with Crippen molar-refractivity contribution in [2.45, 2.75) is 64.2 Å². The van der Waals surface area contributed by atoms with E-state index in [-0.39, 0.29) is 47.3 Å². The lowest BCUT2D eigenvalue weighted by atomic mass is 10.1. The lowest BCUT2D eigenvalue weighted by Crippen LogP contribution is -2.34. The largest absolute Gasteiger partial charge is 0.303 e. The van der Waals surface area contributed by atoms with Gasteiger partial charge in [0.1, 0.15) is 0 Å². The molecule has 14 heteroatoms. The van der Waals surface area contributed by atoms with Crippen LogP contribution in [0.4, 0.5) is 0 Å². The minimum Gasteiger partial charge on any atom is -0.303 e. The molecule has 66 heavy (non-hydrogen) atoms. The minimum atomic E-state index is -0.252. The first-order chi connectivity index (χ1) is 32.1. The number of rotatable bonds is 25. The Labute approximate surface area is 385 Å². The summed E-state index contributed by atoms with van der Waals surface area (Å²) in [5, 5.41) is 0. The van der Waals surface area contributed by atoms with Gasteiger partial charge in [0.05, 0.1) is 44.5 Å². The number of imide groups is 4. The van der Waals surface area contributed by atoms with Crippen molar-refractivity contribution in [2.75, 3.05) is 65.4 Å². The maximum Gasteiger partial charge on any atom is 0.261 e. The van der Waals surface area contributed by atoms with Crippen molar-refractivity contribution in [3.8, 4) is 0 Å². The summed E-state index contributed by atoms with van der Waals surface area (Å²) in [6.45, 7) is 6.03. The summed E-state index contributed by atoms with van der Waals surface area (Å²) < 4.78 is 0. The molecule has 342 valence electrons. The van der Waals surface area contributed by atoms with E-state index >= 15 is 0 Å². The van der Waals surface area contributed by atoms with Crippen LogP contribution < -0.4 is 0 Å². The van der Waals surface area contributed by atoms with Crippen LogP contribution in [0.25, 0.3) is 0 Å². The van der Waals surface area contributed by atoms with E-state index < -0.39 is 0 Å². The van der Waals surface area contributed by atoms with E-state index in [0.29, 0.717) is 96.4 Å². The average molecular weight is 893 g/mol. The molecule has 0 saturated heterocycles. The van der Waals surface area contributed by atoms with Crippen molar-refractivity contribution < 1.29 is 38.4 Å². The molecule has 14 nitrogen and oxygen atoms in total. The van der Waals surface area contributed by atoms with E-state index in [1.807, 2.05) is 0 Å². The van der Waals surface area contributed by atoms with Gasteiger partial charge in [-0.3, -0.25) is 58.0 Å². The van der Waals surface area contributed by atoms with Crippen molar-refractivity contribution in [2.24, 2.45) is 0 Å². The lowest BCUT2D eigenvalue weighted by Gasteiger charge is -2.26. The van der Waals surface area contributed by atoms with Gasteiger partial charge in [-0.25, -0.2) is 0 Å². The highest BCUT2D eigenvalue weighted by atomic mass is 16.2. The average Bonchev–Trinajstić information content (AvgIpc) is 3.93. The fourth-order valence-corrected chi connectivity index (χ4v) is 9.53. The molecule has 0 aromatic heterocycles. The van der Waals surface area contributed by atoms with Gasteiger partial charge in [-0.05, 0) is 152 Å². The summed E-state index contributed by atoms with van der Waals surface area (Å²) in [6.07, 6.45) is 7.54. The van der Waals surface area contributed by atoms with Crippen LogP contribution in [0.1, 0.15) is 147 Å². The number of carbonyl (C=O) groups is 8. The number of carbonyl (C=O) groups excluding carboxylic acids is 8. The molecule has 8 amide bonds. The van der Waals surface area contributed by atoms with Crippen LogP contribution in [-0.4, -0.2) is 142 Å². The molecule has 4 heterocycles. The standard InChI is InChI=1S/C52H56N6O8/c59-45-37-19-1-2-20-38(37)46(60)55(45)33-15-11-29-53(30-12-16-34-56-47(61)39-21-3-4-22-40(39)48(56)62)27-9-10-28-54(31-13-17-35-57-49(63)41-23-5-6-24-42(41)50(57)64)32-14-18-36-58-51(65)43-25-7-8-26-44(43)52(58)66/h1-8,19-26H,9-18,27-36H2. The zero-order valence-electron chi connectivity index (χ0n) is 37.3. The Morgan fingerprint density at radius 2 is 0.394 bits per heavy atom. The molecule has 0 atom stereocenters. The van der Waals surface area contributed by atoms with Crippen molar-refractivity contribution in [3.05, 3.63) is 142 Å². The van der Waals surface area contributed by atoms with Gasteiger partial charge in [-0.15, -0.1) is 0 Å². The van der Waals surface area contributed by atoms with Crippen molar-refractivity contribution in [3.63, 3.8) is 0 Å². The normalized spacial score (nSPS) is 15.4. The molecular weight excluding hydrogens is 837 g/mol. The third-order valence-corrected chi connectivity index (χ3v) is 13.1. The molecule has 0 N–H and O–H groups in total. The third kappa shape index (κ3) is 9.80. The predicted molar refractivity (Wildman–Crippen MR) is 246 cm³/mol. The van der Waals surface area contributed by atoms with Gasteiger partial charge >= 0.3 is 0 Å². The number of amides is 8. The molecule has 0 aliphatic carbocycles. The Morgan fingerprint density at radius 1 is 0.242 bits per heavy atom. The van der Waals surface area contributed by atoms with Crippen LogP contribution in [0.2, 0.25) is 0 Å². The Morgan fingerprint density at radius 3 is 0.561 bits per heavy atom. The van der Waals surface area contributed by atoms with Crippen molar-refractivity contribution in [1.82, 2.24) is 29.4 Å². The molecule has 8 rings (SSSR count). The number of nitrogens with zero attached hydrogens (tertiary/aromatic N) is 6. The molecule has 0 fully saturated rings. The van der Waals surface area contributed by atoms with Gasteiger partial charge in [-0.2, -0.15) is 0 Å². The summed E-state index contributed by atoms with van der Waals surface area (Å²) in [5.74, 6) is -2.02. The van der Waals surface area contributed by atoms with Crippen LogP contribution in [0.5, 0.6) is 0 Å². The van der Waals surface area contributed by atoms with E-state index in [9.17, 15) is 38.4 Å². The fourth-order valence-electron chi connectivity index (χ4n) is 9.53. The molecule has 4 aliphatic heterocycles. The van der Waals surface area contributed by atoms with Gasteiger partial charge in [0.2, 0.25) is 0 Å². The van der Waals surface area contributed by atoms with Gasteiger partial charge in [-0.1, -0.05) is 48.5 Å². The quantitative estimate of drug-likeness (QED) is 0.0520. The number of hydrogen-bond donors (Lipinski definition) is 0. The Bertz CT molecular complexity index is 2060. The Hall–Kier alpha value is -6.64. The van der Waals surface area contributed by atoms with Gasteiger partial charge in [0.25, 0.3) is 47.3 Å². The predicted octanol–water partition coefficient (Wildman–Crippen LogP) is 6.68. The number of unbranched alkanes of at least 4 members (excludes halogenated alkanes) is 5. The van der Waals surface area contributed by atoms with E-state index in [0.717, 1.165) is 77.8 Å². The first kappa shape index (κ1) is 45.9. The molecule has 0 unspecified atom stereocenters. The SMILES string of the molecule is O=C1c2ccccc2C(=O)N1CCCCN(CCCCN(CCCCN1C(=O)c2ccccc2C1=O)CCCCN1C(=O)c2ccccc2C1=O)CCCCN1C(=O)c2ccccc2C1=O. The smallest absolute Gasteiger partial charge is 0.261 e. The molecular formula is C52H56N6O8. The summed E-state index contributed by atoms with van der Waals surface area (Å²) >= 11 is 0. The Balaban J connectivity index is 0.834. The summed E-state index contributed by atoms with van der Waals surface area (Å²) in [6, 6.07) is 27.7. The second-order valence-corrected chi connectivity index (χ2v) is 17.4. The zero-order valence-corrected chi connectivity index (χ0v) is 37.3. The highest BCUT2D eigenvalue weighted by Gasteiger charge is 2.37.